The van der Waals surface area contributed by atoms with Gasteiger partial charge in [0.1, 0.15) is 0 Å². The summed E-state index contributed by atoms with van der Waals surface area (Å²) in [6.45, 7) is 0.609. The monoisotopic (exact) mass is 363 g/mol. The van der Waals surface area contributed by atoms with E-state index >= 15 is 0 Å². The molecule has 0 aliphatic carbocycles. The molecule has 110 valence electrons. The molecule has 1 aromatic carbocycles. The van der Waals surface area contributed by atoms with Crippen molar-refractivity contribution in [2.75, 3.05) is 19.7 Å². The minimum absolute atomic E-state index is 0.0190. The SMILES string of the molecule is O=C(O)c1ccc(S(=O)(=O)N2CCC(CO)C2)c(Br)c1. The van der Waals surface area contributed by atoms with Crippen molar-refractivity contribution in [1.29, 1.82) is 0 Å². The molecule has 1 saturated heterocycles. The van der Waals surface area contributed by atoms with Gasteiger partial charge in [0.25, 0.3) is 0 Å². The lowest BCUT2D eigenvalue weighted by Crippen LogP contribution is -2.29. The molecule has 0 bridgehead atoms. The van der Waals surface area contributed by atoms with Crippen molar-refractivity contribution in [2.24, 2.45) is 5.92 Å². The number of carbonyl (C=O) groups is 1. The van der Waals surface area contributed by atoms with Gasteiger partial charge in [-0.15, -0.1) is 0 Å². The third-order valence-corrected chi connectivity index (χ3v) is 6.15. The van der Waals surface area contributed by atoms with Gasteiger partial charge in [0, 0.05) is 24.2 Å². The molecular formula is C12H14BrNO5S. The first-order valence-corrected chi connectivity index (χ1v) is 8.23. The maximum Gasteiger partial charge on any atom is 0.335 e. The summed E-state index contributed by atoms with van der Waals surface area (Å²) in [5, 5.41) is 17.9. The lowest BCUT2D eigenvalue weighted by Gasteiger charge is -2.17. The van der Waals surface area contributed by atoms with Gasteiger partial charge in [-0.25, -0.2) is 13.2 Å². The van der Waals surface area contributed by atoms with E-state index in [0.29, 0.717) is 13.0 Å². The van der Waals surface area contributed by atoms with Gasteiger partial charge in [0.2, 0.25) is 10.0 Å². The summed E-state index contributed by atoms with van der Waals surface area (Å²) in [6.07, 6.45) is 0.626. The summed E-state index contributed by atoms with van der Waals surface area (Å²) in [5.41, 5.74) is 0.0190. The van der Waals surface area contributed by atoms with Crippen LogP contribution in [0.15, 0.2) is 27.6 Å². The van der Waals surface area contributed by atoms with E-state index in [4.69, 9.17) is 10.2 Å². The fourth-order valence-electron chi connectivity index (χ4n) is 2.15. The highest BCUT2D eigenvalue weighted by atomic mass is 79.9. The highest BCUT2D eigenvalue weighted by Crippen LogP contribution is 2.29. The van der Waals surface area contributed by atoms with Gasteiger partial charge in [-0.1, -0.05) is 0 Å². The minimum atomic E-state index is -3.67. The van der Waals surface area contributed by atoms with Gasteiger partial charge in [0.15, 0.2) is 0 Å². The molecule has 1 atom stereocenters. The zero-order valence-corrected chi connectivity index (χ0v) is 12.9. The maximum absolute atomic E-state index is 12.5. The molecule has 6 nitrogen and oxygen atoms in total. The number of hydrogen-bond donors (Lipinski definition) is 2. The molecule has 1 aliphatic rings. The number of aromatic carboxylic acids is 1. The Balaban J connectivity index is 2.33. The average Bonchev–Trinajstić information content (AvgIpc) is 2.87. The van der Waals surface area contributed by atoms with Gasteiger partial charge < -0.3 is 10.2 Å². The Labute approximate surface area is 125 Å². The molecule has 1 heterocycles. The third kappa shape index (κ3) is 2.88. The van der Waals surface area contributed by atoms with E-state index in [1.54, 1.807) is 0 Å². The van der Waals surface area contributed by atoms with E-state index in [1.165, 1.54) is 22.5 Å². The van der Waals surface area contributed by atoms with Crippen LogP contribution < -0.4 is 0 Å². The molecule has 2 rings (SSSR count). The Morgan fingerprint density at radius 1 is 1.45 bits per heavy atom. The van der Waals surface area contributed by atoms with Gasteiger partial charge in [-0.05, 0) is 46.5 Å². The molecule has 0 aromatic heterocycles. The molecule has 2 N–H and O–H groups in total. The Kier molecular flexibility index (Phi) is 4.48. The second kappa shape index (κ2) is 5.80. The van der Waals surface area contributed by atoms with Crippen LogP contribution in [0.4, 0.5) is 0 Å². The van der Waals surface area contributed by atoms with Crippen LogP contribution in [0.25, 0.3) is 0 Å². The molecule has 1 unspecified atom stereocenters. The summed E-state index contributed by atoms with van der Waals surface area (Å²) < 4.78 is 26.5. The van der Waals surface area contributed by atoms with E-state index in [-0.39, 0.29) is 34.0 Å². The smallest absolute Gasteiger partial charge is 0.335 e. The lowest BCUT2D eigenvalue weighted by molar-refractivity contribution is 0.0696. The van der Waals surface area contributed by atoms with Gasteiger partial charge in [-0.2, -0.15) is 4.31 Å². The highest BCUT2D eigenvalue weighted by molar-refractivity contribution is 9.10. The number of aliphatic hydroxyl groups excluding tert-OH is 1. The predicted molar refractivity (Wildman–Crippen MR) is 75.1 cm³/mol. The number of rotatable bonds is 4. The number of carboxylic acids is 1. The number of nitrogens with zero attached hydrogens (tertiary/aromatic N) is 1. The predicted octanol–water partition coefficient (Wildman–Crippen LogP) is 1.15. The quantitative estimate of drug-likeness (QED) is 0.836. The second-order valence-corrected chi connectivity index (χ2v) is 7.41. The average molecular weight is 364 g/mol. The molecule has 0 saturated carbocycles. The van der Waals surface area contributed by atoms with Crippen LogP contribution in [-0.2, 0) is 10.0 Å². The van der Waals surface area contributed by atoms with Crippen LogP contribution in [0.3, 0.4) is 0 Å². The first kappa shape index (κ1) is 15.4. The van der Waals surface area contributed by atoms with Gasteiger partial charge in [-0.3, -0.25) is 0 Å². The molecule has 8 heteroatoms. The second-order valence-electron chi connectivity index (χ2n) is 4.65. The van der Waals surface area contributed by atoms with Crippen LogP contribution in [-0.4, -0.2) is 48.6 Å². The molecule has 0 spiro atoms. The summed E-state index contributed by atoms with van der Waals surface area (Å²) in [6, 6.07) is 3.82. The summed E-state index contributed by atoms with van der Waals surface area (Å²) >= 11 is 3.11. The van der Waals surface area contributed by atoms with Gasteiger partial charge in [0.05, 0.1) is 10.5 Å². The normalized spacial score (nSPS) is 20.2. The van der Waals surface area contributed by atoms with E-state index in [9.17, 15) is 13.2 Å². The molecule has 1 aromatic rings. The van der Waals surface area contributed by atoms with Crippen molar-refractivity contribution in [3.63, 3.8) is 0 Å². The summed E-state index contributed by atoms with van der Waals surface area (Å²) in [4.78, 5) is 10.9. The fourth-order valence-corrected chi connectivity index (χ4v) is 4.72. The standard InChI is InChI=1S/C12H14BrNO5S/c13-10-5-9(12(16)17)1-2-11(10)20(18,19)14-4-3-8(6-14)7-15/h1-2,5,8,15H,3-4,6-7H2,(H,16,17). The lowest BCUT2D eigenvalue weighted by atomic mass is 10.1. The molecule has 0 amide bonds. The first-order chi connectivity index (χ1) is 9.36. The zero-order valence-electron chi connectivity index (χ0n) is 10.5. The van der Waals surface area contributed by atoms with Crippen LogP contribution >= 0.6 is 15.9 Å². The highest BCUT2D eigenvalue weighted by Gasteiger charge is 2.33. The fraction of sp³-hybridized carbons (Fsp3) is 0.417. The Morgan fingerprint density at radius 3 is 2.65 bits per heavy atom. The number of sulfonamides is 1. The zero-order chi connectivity index (χ0) is 14.9. The third-order valence-electron chi connectivity index (χ3n) is 3.30. The van der Waals surface area contributed by atoms with Crippen molar-refractivity contribution in [3.05, 3.63) is 28.2 Å². The maximum atomic E-state index is 12.5. The largest absolute Gasteiger partial charge is 0.478 e. The Bertz CT molecular complexity index is 631. The topological polar surface area (TPSA) is 94.9 Å². The first-order valence-electron chi connectivity index (χ1n) is 6.00. The van der Waals surface area contributed by atoms with E-state index in [0.717, 1.165) is 0 Å². The summed E-state index contributed by atoms with van der Waals surface area (Å²) in [7, 11) is -3.67. The summed E-state index contributed by atoms with van der Waals surface area (Å²) in [5.74, 6) is -1.15. The van der Waals surface area contributed by atoms with Crippen molar-refractivity contribution in [2.45, 2.75) is 11.3 Å². The van der Waals surface area contributed by atoms with Crippen LogP contribution in [0.5, 0.6) is 0 Å². The van der Waals surface area contributed by atoms with Crippen LogP contribution in [0.2, 0.25) is 0 Å². The van der Waals surface area contributed by atoms with Crippen molar-refractivity contribution >= 4 is 31.9 Å². The van der Waals surface area contributed by atoms with E-state index in [2.05, 4.69) is 15.9 Å². The Hall–Kier alpha value is -0.960. The molecular weight excluding hydrogens is 350 g/mol. The number of halogens is 1. The minimum Gasteiger partial charge on any atom is -0.478 e. The molecule has 20 heavy (non-hydrogen) atoms. The van der Waals surface area contributed by atoms with E-state index in [1.807, 2.05) is 0 Å². The molecule has 0 radical (unpaired) electrons. The number of hydrogen-bond acceptors (Lipinski definition) is 4. The van der Waals surface area contributed by atoms with E-state index < -0.39 is 16.0 Å². The van der Waals surface area contributed by atoms with Crippen molar-refractivity contribution < 1.29 is 23.4 Å². The van der Waals surface area contributed by atoms with Gasteiger partial charge >= 0.3 is 5.97 Å². The van der Waals surface area contributed by atoms with Crippen molar-refractivity contribution in [3.8, 4) is 0 Å². The number of aliphatic hydroxyl groups is 1. The molecule has 1 fully saturated rings. The molecule has 1 aliphatic heterocycles. The Morgan fingerprint density at radius 2 is 2.15 bits per heavy atom. The number of benzene rings is 1. The van der Waals surface area contributed by atoms with Crippen molar-refractivity contribution in [1.82, 2.24) is 4.31 Å². The van der Waals surface area contributed by atoms with Crippen LogP contribution in [0, 0.1) is 5.92 Å². The number of carboxylic acid groups (broad SMARTS) is 1. The van der Waals surface area contributed by atoms with Crippen LogP contribution in [0.1, 0.15) is 16.8 Å².